The second-order valence-corrected chi connectivity index (χ2v) is 8.50. The van der Waals surface area contributed by atoms with Gasteiger partial charge in [-0.1, -0.05) is 25.1 Å². The molecule has 2 nitrogen and oxygen atoms in total. The maximum atomic E-state index is 2.43. The molecular weight excluding hydrogens is 352 g/mol. The number of anilines is 2. The molecule has 0 saturated heterocycles. The molecule has 2 heteroatoms. The molecule has 1 aliphatic carbocycles. The zero-order valence-corrected chi connectivity index (χ0v) is 19.5. The van der Waals surface area contributed by atoms with Crippen LogP contribution in [0, 0.1) is 13.8 Å². The summed E-state index contributed by atoms with van der Waals surface area (Å²) in [6, 6.07) is 14.1. The van der Waals surface area contributed by atoms with E-state index >= 15 is 0 Å². The number of allylic oxidation sites excluding steroid dienone is 2. The molecule has 0 N–H and O–H groups in total. The zero-order valence-electron chi connectivity index (χ0n) is 19.5. The van der Waals surface area contributed by atoms with Crippen LogP contribution in [0.2, 0.25) is 0 Å². The van der Waals surface area contributed by atoms with Gasteiger partial charge in [-0.15, -0.1) is 0 Å². The van der Waals surface area contributed by atoms with Gasteiger partial charge in [-0.3, -0.25) is 0 Å². The Balaban J connectivity index is 1.93. The van der Waals surface area contributed by atoms with Crippen molar-refractivity contribution in [1.82, 2.24) is 0 Å². The van der Waals surface area contributed by atoms with Crippen molar-refractivity contribution in [3.05, 3.63) is 64.7 Å². The van der Waals surface area contributed by atoms with E-state index in [0.29, 0.717) is 0 Å². The highest BCUT2D eigenvalue weighted by molar-refractivity contribution is 5.83. The molecule has 3 rings (SSSR count). The fourth-order valence-electron chi connectivity index (χ4n) is 4.96. The number of aryl methyl sites for hydroxylation is 2. The van der Waals surface area contributed by atoms with Crippen LogP contribution in [0.5, 0.6) is 0 Å². The first-order valence-electron chi connectivity index (χ1n) is 11.3. The number of nitrogens with zero attached hydrogens (tertiary/aromatic N) is 2. The fourth-order valence-corrected chi connectivity index (χ4v) is 4.96. The van der Waals surface area contributed by atoms with Gasteiger partial charge in [-0.25, -0.2) is 0 Å². The minimum atomic E-state index is 0.105. The number of hydrogen-bond donors (Lipinski definition) is 0. The molecule has 29 heavy (non-hydrogen) atoms. The lowest BCUT2D eigenvalue weighted by molar-refractivity contribution is 0.576. The minimum Gasteiger partial charge on any atom is -0.372 e. The van der Waals surface area contributed by atoms with Gasteiger partial charge in [0.25, 0.3) is 0 Å². The summed E-state index contributed by atoms with van der Waals surface area (Å²) >= 11 is 0. The smallest absolute Gasteiger partial charge is 0.0369 e. The van der Waals surface area contributed by atoms with E-state index in [0.717, 1.165) is 32.6 Å². The molecule has 1 atom stereocenters. The molecule has 0 bridgehead atoms. The van der Waals surface area contributed by atoms with Crippen molar-refractivity contribution in [2.45, 2.75) is 60.3 Å². The summed E-state index contributed by atoms with van der Waals surface area (Å²) in [4.78, 5) is 4.84. The van der Waals surface area contributed by atoms with Crippen LogP contribution in [0.4, 0.5) is 11.4 Å². The van der Waals surface area contributed by atoms with Crippen LogP contribution in [0.25, 0.3) is 5.57 Å². The van der Waals surface area contributed by atoms with Crippen LogP contribution in [0.1, 0.15) is 63.3 Å². The van der Waals surface area contributed by atoms with Crippen molar-refractivity contribution < 1.29 is 0 Å². The molecule has 0 aromatic heterocycles. The van der Waals surface area contributed by atoms with Gasteiger partial charge in [-0.05, 0) is 100 Å². The number of hydrogen-bond acceptors (Lipinski definition) is 2. The molecule has 0 fully saturated rings. The zero-order chi connectivity index (χ0) is 21.2. The summed E-state index contributed by atoms with van der Waals surface area (Å²) in [5, 5.41) is 0. The van der Waals surface area contributed by atoms with Crippen LogP contribution < -0.4 is 9.80 Å². The standard InChI is InChI=1S/C27H38N2/c1-8-28(9-2)22-12-14-24(20(5)18-22)26-16-17-27(26,7)25-15-13-23(19-21(25)6)29(10-3)11-4/h12-16,18-19H,8-11,17H2,1-7H3. The van der Waals surface area contributed by atoms with Crippen molar-refractivity contribution in [2.75, 3.05) is 36.0 Å². The lowest BCUT2D eigenvalue weighted by Gasteiger charge is -2.42. The monoisotopic (exact) mass is 390 g/mol. The average molecular weight is 391 g/mol. The molecule has 1 aliphatic rings. The predicted molar refractivity (Wildman–Crippen MR) is 129 cm³/mol. The van der Waals surface area contributed by atoms with Crippen molar-refractivity contribution in [3.8, 4) is 0 Å². The third kappa shape index (κ3) is 3.82. The summed E-state index contributed by atoms with van der Waals surface area (Å²) in [6.45, 7) is 20.1. The van der Waals surface area contributed by atoms with Gasteiger partial charge in [0.2, 0.25) is 0 Å². The number of benzene rings is 2. The molecule has 0 spiro atoms. The van der Waals surface area contributed by atoms with E-state index in [1.54, 1.807) is 0 Å². The molecule has 2 aromatic carbocycles. The number of rotatable bonds is 8. The molecule has 0 amide bonds. The highest BCUT2D eigenvalue weighted by Gasteiger charge is 2.39. The molecule has 156 valence electrons. The van der Waals surface area contributed by atoms with Gasteiger partial charge in [-0.2, -0.15) is 0 Å². The van der Waals surface area contributed by atoms with E-state index in [1.807, 2.05) is 0 Å². The van der Waals surface area contributed by atoms with Crippen molar-refractivity contribution >= 4 is 16.9 Å². The van der Waals surface area contributed by atoms with Gasteiger partial charge in [0.1, 0.15) is 0 Å². The van der Waals surface area contributed by atoms with Gasteiger partial charge in [0.05, 0.1) is 0 Å². The van der Waals surface area contributed by atoms with Gasteiger partial charge in [0, 0.05) is 43.0 Å². The summed E-state index contributed by atoms with van der Waals surface area (Å²) < 4.78 is 0. The van der Waals surface area contributed by atoms with E-state index in [-0.39, 0.29) is 5.41 Å². The fraction of sp³-hybridized carbons (Fsp3) is 0.481. The molecule has 2 aromatic rings. The van der Waals surface area contributed by atoms with Crippen molar-refractivity contribution in [2.24, 2.45) is 0 Å². The van der Waals surface area contributed by atoms with E-state index in [1.165, 1.54) is 39.2 Å². The molecule has 0 aliphatic heterocycles. The van der Waals surface area contributed by atoms with Crippen LogP contribution in [-0.4, -0.2) is 26.2 Å². The third-order valence-corrected chi connectivity index (χ3v) is 6.87. The van der Waals surface area contributed by atoms with Crippen molar-refractivity contribution in [3.63, 3.8) is 0 Å². The van der Waals surface area contributed by atoms with E-state index in [4.69, 9.17) is 0 Å². The second-order valence-electron chi connectivity index (χ2n) is 8.50. The van der Waals surface area contributed by atoms with Crippen molar-refractivity contribution in [1.29, 1.82) is 0 Å². The van der Waals surface area contributed by atoms with Gasteiger partial charge >= 0.3 is 0 Å². The Kier molecular flexibility index (Phi) is 6.41. The second kappa shape index (κ2) is 8.65. The van der Waals surface area contributed by atoms with Gasteiger partial charge in [0.15, 0.2) is 0 Å². The summed E-state index contributed by atoms with van der Waals surface area (Å²) in [5.41, 5.74) is 9.92. The molecule has 0 heterocycles. The summed E-state index contributed by atoms with van der Waals surface area (Å²) in [5.74, 6) is 0. The molecule has 1 unspecified atom stereocenters. The first-order valence-corrected chi connectivity index (χ1v) is 11.3. The average Bonchev–Trinajstić information content (AvgIpc) is 2.70. The SMILES string of the molecule is CCN(CC)c1ccc(C2=CCC2(C)c2ccc(N(CC)CC)cc2C)c(C)c1. The topological polar surface area (TPSA) is 6.48 Å². The minimum absolute atomic E-state index is 0.105. The lowest BCUT2D eigenvalue weighted by atomic mass is 9.62. The lowest BCUT2D eigenvalue weighted by Crippen LogP contribution is -2.32. The van der Waals surface area contributed by atoms with E-state index < -0.39 is 0 Å². The Labute approximate surface area is 178 Å². The maximum absolute atomic E-state index is 2.43. The first-order chi connectivity index (χ1) is 13.9. The Morgan fingerprint density at radius 1 is 0.759 bits per heavy atom. The first kappa shape index (κ1) is 21.5. The van der Waals surface area contributed by atoms with E-state index in [9.17, 15) is 0 Å². The largest absolute Gasteiger partial charge is 0.372 e. The Hall–Kier alpha value is -2.22. The summed E-state index contributed by atoms with van der Waals surface area (Å²) in [7, 11) is 0. The normalized spacial score (nSPS) is 18.2. The molecule has 0 saturated carbocycles. The van der Waals surface area contributed by atoms with Crippen LogP contribution >= 0.6 is 0 Å². The Morgan fingerprint density at radius 2 is 1.28 bits per heavy atom. The highest BCUT2D eigenvalue weighted by Crippen LogP contribution is 2.51. The van der Waals surface area contributed by atoms with Gasteiger partial charge < -0.3 is 9.80 Å². The Morgan fingerprint density at radius 3 is 1.69 bits per heavy atom. The summed E-state index contributed by atoms with van der Waals surface area (Å²) in [6.07, 6.45) is 3.54. The Bertz CT molecular complexity index is 887. The predicted octanol–water partition coefficient (Wildman–Crippen LogP) is 6.74. The highest BCUT2D eigenvalue weighted by atomic mass is 15.1. The van der Waals surface area contributed by atoms with E-state index in [2.05, 4.69) is 101 Å². The maximum Gasteiger partial charge on any atom is 0.0369 e. The van der Waals surface area contributed by atoms with Crippen LogP contribution in [-0.2, 0) is 5.41 Å². The van der Waals surface area contributed by atoms with Crippen LogP contribution in [0.15, 0.2) is 42.5 Å². The third-order valence-electron chi connectivity index (χ3n) is 6.87. The molecule has 0 radical (unpaired) electrons. The molecular formula is C27H38N2. The van der Waals surface area contributed by atoms with Crippen LogP contribution in [0.3, 0.4) is 0 Å². The quantitative estimate of drug-likeness (QED) is 0.492.